The van der Waals surface area contributed by atoms with Crippen molar-refractivity contribution in [3.63, 3.8) is 0 Å². The van der Waals surface area contributed by atoms with Crippen LogP contribution in [0.2, 0.25) is 0 Å². The molecule has 0 aliphatic carbocycles. The molecule has 0 bridgehead atoms. The quantitative estimate of drug-likeness (QED) is 0.343. The summed E-state index contributed by atoms with van der Waals surface area (Å²) in [7, 11) is 7.35. The number of aryl methyl sites for hydroxylation is 1. The Kier molecular flexibility index (Phi) is 6.10. The standard InChI is InChI=1S/C27H21BFN3O3/c1-31-23-14-20(28)21(29)15-24(23)32(27(31)33)22-12-13-25(34-16-18-8-4-2-5-9-18)30-26(22)35-17-19-10-6-3-7-11-19/h2-15H,16-17H2,1H3. The predicted molar refractivity (Wildman–Crippen MR) is 133 cm³/mol. The van der Waals surface area contributed by atoms with Gasteiger partial charge in [0.15, 0.2) is 0 Å². The summed E-state index contributed by atoms with van der Waals surface area (Å²) in [5.74, 6) is -0.0880. The van der Waals surface area contributed by atoms with Crippen molar-refractivity contribution in [1.82, 2.24) is 14.1 Å². The highest BCUT2D eigenvalue weighted by atomic mass is 19.1. The average Bonchev–Trinajstić information content (AvgIpc) is 3.12. The number of ether oxygens (including phenoxy) is 2. The molecule has 0 unspecified atom stereocenters. The van der Waals surface area contributed by atoms with Crippen molar-refractivity contribution in [2.75, 3.05) is 0 Å². The van der Waals surface area contributed by atoms with Crippen LogP contribution in [0.4, 0.5) is 4.39 Å². The lowest BCUT2D eigenvalue weighted by atomic mass is 9.95. The Hall–Kier alpha value is -4.33. The van der Waals surface area contributed by atoms with E-state index in [1.54, 1.807) is 19.2 Å². The van der Waals surface area contributed by atoms with Crippen LogP contribution in [-0.2, 0) is 20.3 Å². The lowest BCUT2D eigenvalue weighted by molar-refractivity contribution is 0.267. The number of fused-ring (bicyclic) bond motifs is 1. The summed E-state index contributed by atoms with van der Waals surface area (Å²) in [5, 5.41) is 0. The van der Waals surface area contributed by atoms with E-state index in [9.17, 15) is 9.18 Å². The summed E-state index contributed by atoms with van der Waals surface area (Å²) in [6, 6.07) is 25.3. The summed E-state index contributed by atoms with van der Waals surface area (Å²) < 4.78 is 29.1. The van der Waals surface area contributed by atoms with Gasteiger partial charge in [-0.1, -0.05) is 66.1 Å². The molecular weight excluding hydrogens is 444 g/mol. The molecule has 0 N–H and O–H groups in total. The molecule has 8 heteroatoms. The van der Waals surface area contributed by atoms with Gasteiger partial charge in [-0.2, -0.15) is 4.98 Å². The van der Waals surface area contributed by atoms with Crippen LogP contribution >= 0.6 is 0 Å². The Labute approximate surface area is 202 Å². The monoisotopic (exact) mass is 465 g/mol. The summed E-state index contributed by atoms with van der Waals surface area (Å²) in [5.41, 5.74) is 2.72. The van der Waals surface area contributed by atoms with E-state index in [2.05, 4.69) is 4.98 Å². The average molecular weight is 465 g/mol. The summed E-state index contributed by atoms with van der Waals surface area (Å²) in [6.45, 7) is 0.549. The van der Waals surface area contributed by atoms with Gasteiger partial charge in [0.1, 0.15) is 32.6 Å². The van der Waals surface area contributed by atoms with Crippen LogP contribution < -0.4 is 20.6 Å². The largest absolute Gasteiger partial charge is 0.473 e. The van der Waals surface area contributed by atoms with Gasteiger partial charge < -0.3 is 9.47 Å². The smallest absolute Gasteiger partial charge is 0.333 e. The van der Waals surface area contributed by atoms with E-state index in [-0.39, 0.29) is 23.6 Å². The molecule has 0 spiro atoms. The van der Waals surface area contributed by atoms with Crippen molar-refractivity contribution < 1.29 is 13.9 Å². The van der Waals surface area contributed by atoms with Crippen LogP contribution in [-0.4, -0.2) is 22.0 Å². The zero-order valence-electron chi connectivity index (χ0n) is 19.0. The van der Waals surface area contributed by atoms with Gasteiger partial charge in [-0.3, -0.25) is 9.13 Å². The Bertz CT molecular complexity index is 1550. The molecule has 2 aromatic heterocycles. The van der Waals surface area contributed by atoms with E-state index in [4.69, 9.17) is 17.3 Å². The normalized spacial score (nSPS) is 11.0. The first-order chi connectivity index (χ1) is 17.0. The van der Waals surface area contributed by atoms with E-state index in [1.807, 2.05) is 60.7 Å². The van der Waals surface area contributed by atoms with Crippen molar-refractivity contribution in [2.24, 2.45) is 7.05 Å². The number of imidazole rings is 1. The van der Waals surface area contributed by atoms with Crippen molar-refractivity contribution in [3.05, 3.63) is 112 Å². The van der Waals surface area contributed by atoms with Crippen molar-refractivity contribution in [2.45, 2.75) is 13.2 Å². The number of benzene rings is 3. The maximum atomic E-state index is 14.4. The molecule has 5 rings (SSSR count). The molecule has 3 aromatic carbocycles. The second-order valence-corrected chi connectivity index (χ2v) is 8.06. The molecule has 6 nitrogen and oxygen atoms in total. The molecule has 0 fully saturated rings. The lowest BCUT2D eigenvalue weighted by Gasteiger charge is -2.14. The van der Waals surface area contributed by atoms with Gasteiger partial charge in [0.05, 0.1) is 11.0 Å². The highest BCUT2D eigenvalue weighted by molar-refractivity contribution is 6.33. The van der Waals surface area contributed by atoms with Gasteiger partial charge in [-0.15, -0.1) is 0 Å². The van der Waals surface area contributed by atoms with Crippen LogP contribution in [0, 0.1) is 5.82 Å². The Morgan fingerprint density at radius 3 is 2.14 bits per heavy atom. The van der Waals surface area contributed by atoms with Gasteiger partial charge >= 0.3 is 5.69 Å². The van der Waals surface area contributed by atoms with Gasteiger partial charge in [0, 0.05) is 13.1 Å². The van der Waals surface area contributed by atoms with Gasteiger partial charge in [-0.05, 0) is 29.3 Å². The SMILES string of the molecule is [B]c1cc2c(cc1F)n(-c1ccc(OCc3ccccc3)nc1OCc1ccccc1)c(=O)n2C. The number of hydrogen-bond donors (Lipinski definition) is 0. The number of halogens is 1. The molecule has 35 heavy (non-hydrogen) atoms. The third-order valence-corrected chi connectivity index (χ3v) is 5.68. The van der Waals surface area contributed by atoms with E-state index in [1.165, 1.54) is 21.3 Å². The lowest BCUT2D eigenvalue weighted by Crippen LogP contribution is -2.21. The number of hydrogen-bond acceptors (Lipinski definition) is 4. The predicted octanol–water partition coefficient (Wildman–Crippen LogP) is 3.82. The molecule has 0 aliphatic rings. The number of aromatic nitrogens is 3. The summed E-state index contributed by atoms with van der Waals surface area (Å²) in [6.07, 6.45) is 0. The topological polar surface area (TPSA) is 58.3 Å². The summed E-state index contributed by atoms with van der Waals surface area (Å²) in [4.78, 5) is 17.7. The highest BCUT2D eigenvalue weighted by Gasteiger charge is 2.19. The van der Waals surface area contributed by atoms with E-state index in [0.717, 1.165) is 11.1 Å². The molecule has 0 saturated heterocycles. The van der Waals surface area contributed by atoms with Gasteiger partial charge in [0.2, 0.25) is 11.8 Å². The molecule has 2 heterocycles. The second-order valence-electron chi connectivity index (χ2n) is 8.06. The number of nitrogens with zero attached hydrogens (tertiary/aromatic N) is 3. The van der Waals surface area contributed by atoms with Gasteiger partial charge in [-0.25, -0.2) is 9.18 Å². The Morgan fingerprint density at radius 1 is 0.857 bits per heavy atom. The van der Waals surface area contributed by atoms with E-state index >= 15 is 0 Å². The fourth-order valence-corrected chi connectivity index (χ4v) is 3.83. The molecule has 5 aromatic rings. The number of pyridine rings is 1. The zero-order valence-corrected chi connectivity index (χ0v) is 19.0. The first kappa shape index (κ1) is 22.5. The van der Waals surface area contributed by atoms with Gasteiger partial charge in [0.25, 0.3) is 0 Å². The fourth-order valence-electron chi connectivity index (χ4n) is 3.83. The van der Waals surface area contributed by atoms with Crippen LogP contribution in [0.15, 0.2) is 89.7 Å². The molecule has 0 aliphatic heterocycles. The first-order valence-electron chi connectivity index (χ1n) is 11.0. The summed E-state index contributed by atoms with van der Waals surface area (Å²) >= 11 is 0. The minimum absolute atomic E-state index is 0.0337. The van der Waals surface area contributed by atoms with E-state index < -0.39 is 5.82 Å². The minimum Gasteiger partial charge on any atom is -0.473 e. The third-order valence-electron chi connectivity index (χ3n) is 5.68. The molecule has 172 valence electrons. The van der Waals surface area contributed by atoms with E-state index in [0.29, 0.717) is 29.2 Å². The van der Waals surface area contributed by atoms with Crippen LogP contribution in [0.3, 0.4) is 0 Å². The molecule has 0 amide bonds. The maximum absolute atomic E-state index is 14.4. The first-order valence-corrected chi connectivity index (χ1v) is 11.0. The Morgan fingerprint density at radius 2 is 1.49 bits per heavy atom. The molecular formula is C27H21BFN3O3. The number of rotatable bonds is 7. The maximum Gasteiger partial charge on any atom is 0.333 e. The Balaban J connectivity index is 1.57. The molecule has 0 atom stereocenters. The molecule has 2 radical (unpaired) electrons. The van der Waals surface area contributed by atoms with Crippen molar-refractivity contribution >= 4 is 24.3 Å². The van der Waals surface area contributed by atoms with Crippen molar-refractivity contribution in [1.29, 1.82) is 0 Å². The van der Waals surface area contributed by atoms with Crippen LogP contribution in [0.1, 0.15) is 11.1 Å². The van der Waals surface area contributed by atoms with Crippen LogP contribution in [0.5, 0.6) is 11.8 Å². The second kappa shape index (κ2) is 9.50. The zero-order chi connectivity index (χ0) is 24.4. The van der Waals surface area contributed by atoms with Crippen LogP contribution in [0.25, 0.3) is 16.7 Å². The van der Waals surface area contributed by atoms with Crippen molar-refractivity contribution in [3.8, 4) is 17.4 Å². The molecule has 0 saturated carbocycles. The fraction of sp³-hybridized carbons (Fsp3) is 0.111. The minimum atomic E-state index is -0.612. The third kappa shape index (κ3) is 4.55. The highest BCUT2D eigenvalue weighted by Crippen LogP contribution is 2.28.